The number of rotatable bonds is 4. The molecule has 1 saturated heterocycles. The second-order valence-electron chi connectivity index (χ2n) is 5.15. The Hall–Kier alpha value is -1.79. The summed E-state index contributed by atoms with van der Waals surface area (Å²) >= 11 is 6.05. The topological polar surface area (TPSA) is 76.1 Å². The number of aliphatic carboxylic acids is 1. The molecule has 2 atom stereocenters. The molecule has 22 heavy (non-hydrogen) atoms. The van der Waals surface area contributed by atoms with Crippen molar-refractivity contribution in [3.8, 4) is 5.75 Å². The van der Waals surface area contributed by atoms with Crippen LogP contribution in [-0.4, -0.2) is 53.8 Å². The van der Waals surface area contributed by atoms with Crippen LogP contribution in [0.1, 0.15) is 12.5 Å². The summed E-state index contributed by atoms with van der Waals surface area (Å²) in [6.07, 6.45) is -0.834. The Morgan fingerprint density at radius 2 is 2.23 bits per heavy atom. The minimum atomic E-state index is -1.09. The summed E-state index contributed by atoms with van der Waals surface area (Å²) in [4.78, 5) is 24.9. The Bertz CT molecular complexity index is 577. The number of morpholine rings is 1. The van der Waals surface area contributed by atoms with E-state index < -0.39 is 24.0 Å². The molecule has 120 valence electrons. The molecule has 1 aromatic carbocycles. The number of ether oxygens (including phenoxy) is 2. The van der Waals surface area contributed by atoms with E-state index in [4.69, 9.17) is 21.1 Å². The first-order valence-corrected chi connectivity index (χ1v) is 7.31. The third-order valence-electron chi connectivity index (χ3n) is 3.43. The summed E-state index contributed by atoms with van der Waals surface area (Å²) in [7, 11) is 0. The van der Waals surface area contributed by atoms with E-state index in [1.807, 2.05) is 13.0 Å². The van der Waals surface area contributed by atoms with Gasteiger partial charge in [0.1, 0.15) is 5.75 Å². The lowest BCUT2D eigenvalue weighted by molar-refractivity contribution is -0.161. The molecule has 0 aromatic heterocycles. The highest BCUT2D eigenvalue weighted by atomic mass is 35.5. The molecule has 2 rings (SSSR count). The predicted octanol–water partition coefficient (Wildman–Crippen LogP) is 1.73. The SMILES string of the molecule is Cc1ccc(Cl)c(O[C@@H](C)C(=O)N2CCOC[C@H]2C(=O)O)c1. The van der Waals surface area contributed by atoms with Crippen LogP contribution in [-0.2, 0) is 14.3 Å². The Balaban J connectivity index is 2.10. The molecule has 1 amide bonds. The zero-order valence-electron chi connectivity index (χ0n) is 12.4. The standard InChI is InChI=1S/C15H18ClNO5/c1-9-3-4-11(16)13(7-9)22-10(2)14(18)17-5-6-21-8-12(17)15(19)20/h3-4,7,10,12H,5-6,8H2,1-2H3,(H,19,20)/t10-,12-/m0/s1. The molecule has 6 nitrogen and oxygen atoms in total. The molecule has 1 aliphatic heterocycles. The van der Waals surface area contributed by atoms with Crippen molar-refractivity contribution in [2.45, 2.75) is 26.0 Å². The van der Waals surface area contributed by atoms with Crippen LogP contribution < -0.4 is 4.74 Å². The van der Waals surface area contributed by atoms with Crippen LogP contribution in [0.25, 0.3) is 0 Å². The smallest absolute Gasteiger partial charge is 0.328 e. The van der Waals surface area contributed by atoms with Crippen LogP contribution in [0.15, 0.2) is 18.2 Å². The fraction of sp³-hybridized carbons (Fsp3) is 0.467. The van der Waals surface area contributed by atoms with E-state index in [0.717, 1.165) is 5.56 Å². The van der Waals surface area contributed by atoms with Crippen molar-refractivity contribution < 1.29 is 24.2 Å². The molecule has 0 saturated carbocycles. The van der Waals surface area contributed by atoms with Crippen molar-refractivity contribution in [1.82, 2.24) is 4.90 Å². The van der Waals surface area contributed by atoms with E-state index in [9.17, 15) is 14.7 Å². The maximum Gasteiger partial charge on any atom is 0.328 e. The van der Waals surface area contributed by atoms with Gasteiger partial charge in [0.15, 0.2) is 12.1 Å². The molecule has 0 radical (unpaired) electrons. The minimum absolute atomic E-state index is 0.0149. The molecule has 7 heteroatoms. The summed E-state index contributed by atoms with van der Waals surface area (Å²) in [5.74, 6) is -1.08. The van der Waals surface area contributed by atoms with Crippen molar-refractivity contribution in [1.29, 1.82) is 0 Å². The van der Waals surface area contributed by atoms with Gasteiger partial charge in [0.25, 0.3) is 5.91 Å². The van der Waals surface area contributed by atoms with Crippen LogP contribution in [0.2, 0.25) is 5.02 Å². The van der Waals surface area contributed by atoms with Gasteiger partial charge in [-0.05, 0) is 31.5 Å². The highest BCUT2D eigenvalue weighted by molar-refractivity contribution is 6.32. The maximum absolute atomic E-state index is 12.5. The van der Waals surface area contributed by atoms with Crippen LogP contribution in [0, 0.1) is 6.92 Å². The summed E-state index contributed by atoms with van der Waals surface area (Å²) in [5, 5.41) is 9.58. The van der Waals surface area contributed by atoms with Gasteiger partial charge in [0.2, 0.25) is 0 Å². The average Bonchev–Trinajstić information content (AvgIpc) is 2.50. The van der Waals surface area contributed by atoms with Gasteiger partial charge in [0, 0.05) is 6.54 Å². The second kappa shape index (κ2) is 6.98. The molecular formula is C15H18ClNO5. The quantitative estimate of drug-likeness (QED) is 0.911. The van der Waals surface area contributed by atoms with Crippen molar-refractivity contribution >= 4 is 23.5 Å². The number of benzene rings is 1. The summed E-state index contributed by atoms with van der Waals surface area (Å²) in [6.45, 7) is 3.99. The fourth-order valence-electron chi connectivity index (χ4n) is 2.25. The normalized spacial score (nSPS) is 19.6. The van der Waals surface area contributed by atoms with E-state index in [2.05, 4.69) is 0 Å². The van der Waals surface area contributed by atoms with Crippen molar-refractivity contribution in [2.24, 2.45) is 0 Å². The number of halogens is 1. The number of aryl methyl sites for hydroxylation is 1. The van der Waals surface area contributed by atoms with Gasteiger partial charge >= 0.3 is 5.97 Å². The van der Waals surface area contributed by atoms with Gasteiger partial charge in [0.05, 0.1) is 18.2 Å². The number of hydrogen-bond acceptors (Lipinski definition) is 4. The van der Waals surface area contributed by atoms with Gasteiger partial charge in [-0.15, -0.1) is 0 Å². The van der Waals surface area contributed by atoms with E-state index in [1.165, 1.54) is 4.90 Å². The zero-order chi connectivity index (χ0) is 16.3. The number of carboxylic acid groups (broad SMARTS) is 1. The monoisotopic (exact) mass is 327 g/mol. The van der Waals surface area contributed by atoms with Gasteiger partial charge in [-0.25, -0.2) is 4.79 Å². The van der Waals surface area contributed by atoms with Gasteiger partial charge in [-0.1, -0.05) is 17.7 Å². The maximum atomic E-state index is 12.5. The molecule has 1 N–H and O–H groups in total. The van der Waals surface area contributed by atoms with Gasteiger partial charge in [-0.2, -0.15) is 0 Å². The van der Waals surface area contributed by atoms with Gasteiger partial charge in [-0.3, -0.25) is 4.79 Å². The van der Waals surface area contributed by atoms with Crippen molar-refractivity contribution in [3.05, 3.63) is 28.8 Å². The number of nitrogens with zero attached hydrogens (tertiary/aromatic N) is 1. The molecule has 0 spiro atoms. The first kappa shape index (κ1) is 16.6. The molecule has 1 aromatic rings. The van der Waals surface area contributed by atoms with Crippen LogP contribution >= 0.6 is 11.6 Å². The van der Waals surface area contributed by atoms with E-state index in [0.29, 0.717) is 17.4 Å². The molecule has 1 aliphatic rings. The Morgan fingerprint density at radius 3 is 2.91 bits per heavy atom. The van der Waals surface area contributed by atoms with Crippen LogP contribution in [0.5, 0.6) is 5.75 Å². The molecule has 1 fully saturated rings. The first-order valence-electron chi connectivity index (χ1n) is 6.94. The molecule has 0 bridgehead atoms. The van der Waals surface area contributed by atoms with Crippen LogP contribution in [0.4, 0.5) is 0 Å². The molecule has 0 aliphatic carbocycles. The van der Waals surface area contributed by atoms with E-state index in [1.54, 1.807) is 19.1 Å². The fourth-order valence-corrected chi connectivity index (χ4v) is 2.41. The summed E-state index contributed by atoms with van der Waals surface area (Å²) < 4.78 is 10.7. The average molecular weight is 328 g/mol. The number of carbonyl (C=O) groups excluding carboxylic acids is 1. The highest BCUT2D eigenvalue weighted by Crippen LogP contribution is 2.26. The lowest BCUT2D eigenvalue weighted by atomic mass is 10.2. The number of carboxylic acids is 1. The number of hydrogen-bond donors (Lipinski definition) is 1. The second-order valence-corrected chi connectivity index (χ2v) is 5.56. The lowest BCUT2D eigenvalue weighted by Gasteiger charge is -2.34. The Morgan fingerprint density at radius 1 is 1.50 bits per heavy atom. The van der Waals surface area contributed by atoms with E-state index >= 15 is 0 Å². The third-order valence-corrected chi connectivity index (χ3v) is 3.75. The van der Waals surface area contributed by atoms with Crippen molar-refractivity contribution in [2.75, 3.05) is 19.8 Å². The largest absolute Gasteiger partial charge is 0.480 e. The molecule has 0 unspecified atom stereocenters. The lowest BCUT2D eigenvalue weighted by Crippen LogP contribution is -2.55. The Labute approximate surface area is 133 Å². The molecular weight excluding hydrogens is 310 g/mol. The van der Waals surface area contributed by atoms with Gasteiger partial charge < -0.3 is 19.5 Å². The number of carbonyl (C=O) groups is 2. The first-order chi connectivity index (χ1) is 10.4. The van der Waals surface area contributed by atoms with Crippen molar-refractivity contribution in [3.63, 3.8) is 0 Å². The third kappa shape index (κ3) is 3.69. The summed E-state index contributed by atoms with van der Waals surface area (Å²) in [5.41, 5.74) is 0.953. The minimum Gasteiger partial charge on any atom is -0.480 e. The Kier molecular flexibility index (Phi) is 5.26. The number of amides is 1. The van der Waals surface area contributed by atoms with E-state index in [-0.39, 0.29) is 13.2 Å². The zero-order valence-corrected chi connectivity index (χ0v) is 13.2. The predicted molar refractivity (Wildman–Crippen MR) is 80.2 cm³/mol. The summed E-state index contributed by atoms with van der Waals surface area (Å²) in [6, 6.07) is 4.28. The molecule has 1 heterocycles. The van der Waals surface area contributed by atoms with Crippen LogP contribution in [0.3, 0.4) is 0 Å². The highest BCUT2D eigenvalue weighted by Gasteiger charge is 2.35.